The molecule has 1 atom stereocenters. The van der Waals surface area contributed by atoms with Crippen molar-refractivity contribution in [2.75, 3.05) is 7.05 Å². The van der Waals surface area contributed by atoms with E-state index < -0.39 is 18.6 Å². The highest BCUT2D eigenvalue weighted by atomic mass is 19.4. The van der Waals surface area contributed by atoms with Gasteiger partial charge in [0.1, 0.15) is 0 Å². The molecule has 0 spiro atoms. The van der Waals surface area contributed by atoms with E-state index in [4.69, 9.17) is 0 Å². The summed E-state index contributed by atoms with van der Waals surface area (Å²) >= 11 is 0. The molecule has 1 aliphatic carbocycles. The fourth-order valence-corrected chi connectivity index (χ4v) is 2.59. The van der Waals surface area contributed by atoms with Gasteiger partial charge in [-0.05, 0) is 49.4 Å². The Morgan fingerprint density at radius 2 is 1.94 bits per heavy atom. The molecule has 1 N–H and O–H groups in total. The molecule has 1 unspecified atom stereocenters. The highest BCUT2D eigenvalue weighted by Crippen LogP contribution is 2.26. The Morgan fingerprint density at radius 3 is 2.61 bits per heavy atom. The van der Waals surface area contributed by atoms with Gasteiger partial charge in [-0.25, -0.2) is 0 Å². The molecule has 0 fully saturated rings. The molecule has 0 bridgehead atoms. The van der Waals surface area contributed by atoms with Crippen LogP contribution in [0, 0.1) is 0 Å². The maximum Gasteiger partial charge on any atom is 0.390 e. The van der Waals surface area contributed by atoms with E-state index in [0.717, 1.165) is 24.8 Å². The van der Waals surface area contributed by atoms with Crippen LogP contribution in [0.5, 0.6) is 0 Å². The predicted octanol–water partition coefficient (Wildman–Crippen LogP) is 3.26. The summed E-state index contributed by atoms with van der Waals surface area (Å²) in [5, 5.41) is 2.75. The largest absolute Gasteiger partial charge is 0.390 e. The van der Waals surface area contributed by atoms with E-state index in [1.165, 1.54) is 11.1 Å². The van der Waals surface area contributed by atoms with Gasteiger partial charge in [-0.15, -0.1) is 0 Å². The molecule has 1 aliphatic rings. The highest BCUT2D eigenvalue weighted by molar-refractivity contribution is 5.35. The first-order valence-corrected chi connectivity index (χ1v) is 6.32. The Hall–Kier alpha value is -1.03. The molecule has 0 aromatic heterocycles. The molecular weight excluding hydrogens is 239 g/mol. The lowest BCUT2D eigenvalue weighted by Gasteiger charge is -2.18. The maximum atomic E-state index is 12.4. The molecule has 0 saturated heterocycles. The van der Waals surface area contributed by atoms with Gasteiger partial charge in [-0.3, -0.25) is 0 Å². The smallest absolute Gasteiger partial charge is 0.316 e. The summed E-state index contributed by atoms with van der Waals surface area (Å²) in [6.07, 6.45) is -1.12. The number of halogens is 3. The minimum absolute atomic E-state index is 0.434. The molecular formula is C14H18F3N. The van der Waals surface area contributed by atoms with Gasteiger partial charge < -0.3 is 5.32 Å². The average Bonchev–Trinajstić information content (AvgIpc) is 2.73. The zero-order valence-electron chi connectivity index (χ0n) is 10.5. The van der Waals surface area contributed by atoms with E-state index >= 15 is 0 Å². The van der Waals surface area contributed by atoms with E-state index in [1.54, 1.807) is 7.05 Å². The summed E-state index contributed by atoms with van der Waals surface area (Å²) in [5.74, 6) is 0. The molecule has 0 amide bonds. The molecule has 18 heavy (non-hydrogen) atoms. The number of nitrogens with one attached hydrogen (secondary N) is 1. The Balaban J connectivity index is 2.03. The molecule has 0 aliphatic heterocycles. The van der Waals surface area contributed by atoms with Crippen molar-refractivity contribution < 1.29 is 13.2 Å². The van der Waals surface area contributed by atoms with Crippen LogP contribution >= 0.6 is 0 Å². The molecule has 4 heteroatoms. The summed E-state index contributed by atoms with van der Waals surface area (Å²) in [5.41, 5.74) is 3.67. The normalized spacial score (nSPS) is 16.7. The van der Waals surface area contributed by atoms with Crippen LogP contribution in [0.15, 0.2) is 18.2 Å². The summed E-state index contributed by atoms with van der Waals surface area (Å²) in [4.78, 5) is 0. The van der Waals surface area contributed by atoms with E-state index in [0.29, 0.717) is 6.42 Å². The predicted molar refractivity (Wildman–Crippen MR) is 65.7 cm³/mol. The zero-order chi connectivity index (χ0) is 13.2. The molecule has 2 rings (SSSR count). The van der Waals surface area contributed by atoms with Crippen LogP contribution in [-0.4, -0.2) is 19.3 Å². The van der Waals surface area contributed by atoms with Crippen LogP contribution < -0.4 is 5.32 Å². The third kappa shape index (κ3) is 3.48. The monoisotopic (exact) mass is 257 g/mol. The van der Waals surface area contributed by atoms with Gasteiger partial charge >= 0.3 is 6.18 Å². The van der Waals surface area contributed by atoms with Crippen LogP contribution in [0.25, 0.3) is 0 Å². The van der Waals surface area contributed by atoms with Crippen LogP contribution in [-0.2, 0) is 19.3 Å². The number of benzene rings is 1. The van der Waals surface area contributed by atoms with Crippen molar-refractivity contribution in [2.24, 2.45) is 0 Å². The Morgan fingerprint density at radius 1 is 1.22 bits per heavy atom. The van der Waals surface area contributed by atoms with Crippen molar-refractivity contribution in [3.63, 3.8) is 0 Å². The second-order valence-electron chi connectivity index (χ2n) is 4.97. The minimum Gasteiger partial charge on any atom is -0.316 e. The lowest BCUT2D eigenvalue weighted by atomic mass is 9.99. The van der Waals surface area contributed by atoms with Gasteiger partial charge in [0.15, 0.2) is 0 Å². The first-order valence-electron chi connectivity index (χ1n) is 6.32. The molecule has 0 saturated carbocycles. The Bertz CT molecular complexity index is 412. The van der Waals surface area contributed by atoms with Gasteiger partial charge in [0, 0.05) is 6.04 Å². The first-order chi connectivity index (χ1) is 8.48. The van der Waals surface area contributed by atoms with Crippen LogP contribution in [0.3, 0.4) is 0 Å². The fraction of sp³-hybridized carbons (Fsp3) is 0.571. The second kappa shape index (κ2) is 5.31. The Labute approximate surface area is 105 Å². The zero-order valence-corrected chi connectivity index (χ0v) is 10.5. The van der Waals surface area contributed by atoms with E-state index in [1.807, 2.05) is 6.07 Å². The number of rotatable bonds is 4. The Kier molecular flexibility index (Phi) is 3.95. The maximum absolute atomic E-state index is 12.4. The molecule has 100 valence electrons. The molecule has 0 radical (unpaired) electrons. The average molecular weight is 257 g/mol. The van der Waals surface area contributed by atoms with Gasteiger partial charge in [0.05, 0.1) is 6.42 Å². The fourth-order valence-electron chi connectivity index (χ4n) is 2.59. The van der Waals surface area contributed by atoms with E-state index in [9.17, 15) is 13.2 Å². The van der Waals surface area contributed by atoms with E-state index in [2.05, 4.69) is 17.4 Å². The number of fused-ring (bicyclic) bond motifs is 1. The quantitative estimate of drug-likeness (QED) is 0.873. The lowest BCUT2D eigenvalue weighted by molar-refractivity contribution is -0.139. The van der Waals surface area contributed by atoms with Crippen molar-refractivity contribution in [3.8, 4) is 0 Å². The molecule has 1 aromatic carbocycles. The van der Waals surface area contributed by atoms with Crippen molar-refractivity contribution in [2.45, 2.75) is 44.3 Å². The van der Waals surface area contributed by atoms with Crippen molar-refractivity contribution in [1.82, 2.24) is 5.32 Å². The first kappa shape index (κ1) is 13.4. The number of alkyl halides is 3. The van der Waals surface area contributed by atoms with E-state index in [-0.39, 0.29) is 0 Å². The van der Waals surface area contributed by atoms with Crippen molar-refractivity contribution in [1.29, 1.82) is 0 Å². The number of hydrogen-bond donors (Lipinski definition) is 1. The molecule has 1 nitrogen and oxygen atoms in total. The van der Waals surface area contributed by atoms with Gasteiger partial charge in [0.25, 0.3) is 0 Å². The molecule has 1 aromatic rings. The van der Waals surface area contributed by atoms with Gasteiger partial charge in [-0.1, -0.05) is 18.2 Å². The van der Waals surface area contributed by atoms with Crippen LogP contribution in [0.1, 0.15) is 29.5 Å². The summed E-state index contributed by atoms with van der Waals surface area (Å²) in [6, 6.07) is 5.57. The minimum atomic E-state index is -4.11. The van der Waals surface area contributed by atoms with Gasteiger partial charge in [-0.2, -0.15) is 13.2 Å². The van der Waals surface area contributed by atoms with Gasteiger partial charge in [0.2, 0.25) is 0 Å². The van der Waals surface area contributed by atoms with Crippen molar-refractivity contribution in [3.05, 3.63) is 34.9 Å². The second-order valence-corrected chi connectivity index (χ2v) is 4.97. The number of hydrogen-bond acceptors (Lipinski definition) is 1. The van der Waals surface area contributed by atoms with Crippen LogP contribution in [0.4, 0.5) is 13.2 Å². The molecule has 0 heterocycles. The number of aryl methyl sites for hydroxylation is 2. The standard InChI is InChI=1S/C14H18F3N/c1-18-13(9-14(15,16)17)8-10-5-6-11-3-2-4-12(11)7-10/h5-7,13,18H,2-4,8-9H2,1H3. The third-order valence-electron chi connectivity index (χ3n) is 3.53. The van der Waals surface area contributed by atoms with Crippen LogP contribution in [0.2, 0.25) is 0 Å². The highest BCUT2D eigenvalue weighted by Gasteiger charge is 2.31. The summed E-state index contributed by atoms with van der Waals surface area (Å²) in [6.45, 7) is 0. The van der Waals surface area contributed by atoms with Crippen molar-refractivity contribution >= 4 is 0 Å². The lowest BCUT2D eigenvalue weighted by Crippen LogP contribution is -2.32. The third-order valence-corrected chi connectivity index (χ3v) is 3.53. The summed E-state index contributed by atoms with van der Waals surface area (Å²) in [7, 11) is 1.59. The topological polar surface area (TPSA) is 12.0 Å². The summed E-state index contributed by atoms with van der Waals surface area (Å²) < 4.78 is 37.1. The SMILES string of the molecule is CNC(Cc1ccc2c(c1)CCC2)CC(F)(F)F. The number of likely N-dealkylation sites (N-methyl/N-ethyl adjacent to an activating group) is 1.